The SMILES string of the molecule is CC(C)Oc1ccc(O[CH]c2ccccc2)cc1. The summed E-state index contributed by atoms with van der Waals surface area (Å²) in [6, 6.07) is 17.6. The zero-order valence-electron chi connectivity index (χ0n) is 10.7. The van der Waals surface area contributed by atoms with E-state index in [9.17, 15) is 0 Å². The fourth-order valence-electron chi connectivity index (χ4n) is 1.54. The van der Waals surface area contributed by atoms with Crippen molar-refractivity contribution in [3.63, 3.8) is 0 Å². The van der Waals surface area contributed by atoms with Gasteiger partial charge in [-0.2, -0.15) is 0 Å². The van der Waals surface area contributed by atoms with Gasteiger partial charge in [0.05, 0.1) is 6.10 Å². The highest BCUT2D eigenvalue weighted by Crippen LogP contribution is 2.20. The minimum absolute atomic E-state index is 0.188. The lowest BCUT2D eigenvalue weighted by Gasteiger charge is -2.10. The van der Waals surface area contributed by atoms with E-state index in [1.165, 1.54) is 0 Å². The molecule has 2 heteroatoms. The predicted octanol–water partition coefficient (Wildman–Crippen LogP) is 4.06. The second-order valence-corrected chi connectivity index (χ2v) is 4.28. The Balaban J connectivity index is 1.90. The summed E-state index contributed by atoms with van der Waals surface area (Å²) in [7, 11) is 0. The van der Waals surface area contributed by atoms with Crippen LogP contribution in [0.15, 0.2) is 54.6 Å². The molecule has 2 nitrogen and oxygen atoms in total. The van der Waals surface area contributed by atoms with Crippen LogP contribution in [0, 0.1) is 6.61 Å². The van der Waals surface area contributed by atoms with Crippen LogP contribution in [0.25, 0.3) is 0 Å². The number of rotatable bonds is 5. The van der Waals surface area contributed by atoms with Crippen LogP contribution in [0.2, 0.25) is 0 Å². The Labute approximate surface area is 108 Å². The second kappa shape index (κ2) is 6.10. The molecule has 2 rings (SSSR count). The first kappa shape index (κ1) is 12.5. The Bertz CT molecular complexity index is 460. The fraction of sp³-hybridized carbons (Fsp3) is 0.188. The monoisotopic (exact) mass is 241 g/mol. The van der Waals surface area contributed by atoms with E-state index >= 15 is 0 Å². The summed E-state index contributed by atoms with van der Waals surface area (Å²) >= 11 is 0. The summed E-state index contributed by atoms with van der Waals surface area (Å²) in [4.78, 5) is 0. The summed E-state index contributed by atoms with van der Waals surface area (Å²) in [6.07, 6.45) is 0.188. The Morgan fingerprint density at radius 2 is 1.44 bits per heavy atom. The van der Waals surface area contributed by atoms with E-state index in [0.29, 0.717) is 0 Å². The first-order valence-electron chi connectivity index (χ1n) is 6.06. The molecule has 2 aromatic carbocycles. The lowest BCUT2D eigenvalue weighted by atomic mass is 10.2. The first-order valence-corrected chi connectivity index (χ1v) is 6.06. The molecule has 0 saturated carbocycles. The number of benzene rings is 2. The molecule has 18 heavy (non-hydrogen) atoms. The average molecular weight is 241 g/mol. The van der Waals surface area contributed by atoms with Gasteiger partial charge in [0, 0.05) is 0 Å². The number of ether oxygens (including phenoxy) is 2. The largest absolute Gasteiger partial charge is 0.491 e. The molecule has 0 N–H and O–H groups in total. The van der Waals surface area contributed by atoms with Gasteiger partial charge in [-0.3, -0.25) is 0 Å². The minimum Gasteiger partial charge on any atom is -0.491 e. The number of hydrogen-bond acceptors (Lipinski definition) is 2. The van der Waals surface area contributed by atoms with Gasteiger partial charge >= 0.3 is 0 Å². The molecule has 0 unspecified atom stereocenters. The zero-order chi connectivity index (χ0) is 12.8. The summed E-state index contributed by atoms with van der Waals surface area (Å²) in [5.74, 6) is 1.66. The van der Waals surface area contributed by atoms with Crippen molar-refractivity contribution in [3.05, 3.63) is 66.8 Å². The van der Waals surface area contributed by atoms with Crippen LogP contribution < -0.4 is 9.47 Å². The highest BCUT2D eigenvalue weighted by atomic mass is 16.5. The molecular weight excluding hydrogens is 224 g/mol. The summed E-state index contributed by atoms with van der Waals surface area (Å²) in [6.45, 7) is 5.75. The van der Waals surface area contributed by atoms with Crippen LogP contribution in [0.5, 0.6) is 11.5 Å². The van der Waals surface area contributed by atoms with Gasteiger partial charge in [0.2, 0.25) is 0 Å². The molecule has 0 fully saturated rings. The van der Waals surface area contributed by atoms with Crippen LogP contribution in [0.3, 0.4) is 0 Å². The van der Waals surface area contributed by atoms with Crippen LogP contribution in [0.1, 0.15) is 19.4 Å². The van der Waals surface area contributed by atoms with Crippen LogP contribution in [-0.2, 0) is 0 Å². The van der Waals surface area contributed by atoms with E-state index in [2.05, 4.69) is 0 Å². The van der Waals surface area contributed by atoms with E-state index in [-0.39, 0.29) is 6.10 Å². The van der Waals surface area contributed by atoms with Gasteiger partial charge in [-0.25, -0.2) is 0 Å². The maximum atomic E-state index is 5.57. The third-order valence-corrected chi connectivity index (χ3v) is 2.33. The van der Waals surface area contributed by atoms with Crippen molar-refractivity contribution in [1.29, 1.82) is 0 Å². The van der Waals surface area contributed by atoms with Crippen molar-refractivity contribution < 1.29 is 9.47 Å². The maximum absolute atomic E-state index is 5.57. The summed E-state index contributed by atoms with van der Waals surface area (Å²) in [5.41, 5.74) is 1.04. The maximum Gasteiger partial charge on any atom is 0.165 e. The lowest BCUT2D eigenvalue weighted by molar-refractivity contribution is 0.242. The van der Waals surface area contributed by atoms with Crippen molar-refractivity contribution in [2.45, 2.75) is 20.0 Å². The average Bonchev–Trinajstić information content (AvgIpc) is 2.38. The normalized spacial score (nSPS) is 10.4. The van der Waals surface area contributed by atoms with Crippen LogP contribution >= 0.6 is 0 Å². The second-order valence-electron chi connectivity index (χ2n) is 4.28. The van der Waals surface area contributed by atoms with Gasteiger partial charge in [-0.1, -0.05) is 30.3 Å². The van der Waals surface area contributed by atoms with Gasteiger partial charge < -0.3 is 9.47 Å². The third-order valence-electron chi connectivity index (χ3n) is 2.33. The van der Waals surface area contributed by atoms with E-state index in [0.717, 1.165) is 17.1 Å². The highest BCUT2D eigenvalue weighted by Gasteiger charge is 1.99. The molecule has 0 bridgehead atoms. The van der Waals surface area contributed by atoms with Gasteiger partial charge in [-0.15, -0.1) is 0 Å². The molecule has 0 heterocycles. The molecule has 0 aromatic heterocycles. The Hall–Kier alpha value is -1.96. The van der Waals surface area contributed by atoms with Gasteiger partial charge in [-0.05, 0) is 43.7 Å². The van der Waals surface area contributed by atoms with Gasteiger partial charge in [0.25, 0.3) is 0 Å². The molecule has 1 radical (unpaired) electrons. The molecule has 2 aromatic rings. The van der Waals surface area contributed by atoms with Crippen LogP contribution in [0.4, 0.5) is 0 Å². The molecular formula is C16H17O2. The molecule has 93 valence electrons. The fourth-order valence-corrected chi connectivity index (χ4v) is 1.54. The van der Waals surface area contributed by atoms with Crippen molar-refractivity contribution in [1.82, 2.24) is 0 Å². The van der Waals surface area contributed by atoms with Crippen LogP contribution in [-0.4, -0.2) is 6.10 Å². The topological polar surface area (TPSA) is 18.5 Å². The first-order chi connectivity index (χ1) is 8.74. The lowest BCUT2D eigenvalue weighted by Crippen LogP contribution is -2.05. The quantitative estimate of drug-likeness (QED) is 0.785. The molecule has 0 aliphatic heterocycles. The minimum atomic E-state index is 0.188. The van der Waals surface area contributed by atoms with Crippen molar-refractivity contribution in [2.24, 2.45) is 0 Å². The summed E-state index contributed by atoms with van der Waals surface area (Å²) in [5, 5.41) is 0. The van der Waals surface area contributed by atoms with E-state index < -0.39 is 0 Å². The summed E-state index contributed by atoms with van der Waals surface area (Å²) < 4.78 is 11.1. The molecule has 0 atom stereocenters. The van der Waals surface area contributed by atoms with E-state index in [1.807, 2.05) is 68.4 Å². The predicted molar refractivity (Wildman–Crippen MR) is 72.7 cm³/mol. The van der Waals surface area contributed by atoms with Gasteiger partial charge in [0.1, 0.15) is 11.5 Å². The smallest absolute Gasteiger partial charge is 0.165 e. The molecule has 0 amide bonds. The zero-order valence-corrected chi connectivity index (χ0v) is 10.7. The van der Waals surface area contributed by atoms with E-state index in [1.54, 1.807) is 6.61 Å². The molecule has 0 aliphatic rings. The molecule has 0 aliphatic carbocycles. The van der Waals surface area contributed by atoms with Crippen molar-refractivity contribution in [3.8, 4) is 11.5 Å². The van der Waals surface area contributed by atoms with Crippen molar-refractivity contribution >= 4 is 0 Å². The Kier molecular flexibility index (Phi) is 4.24. The third kappa shape index (κ3) is 3.81. The Morgan fingerprint density at radius 3 is 2.06 bits per heavy atom. The Morgan fingerprint density at radius 1 is 0.833 bits per heavy atom. The molecule has 0 spiro atoms. The number of hydrogen-bond donors (Lipinski definition) is 0. The molecule has 0 saturated heterocycles. The van der Waals surface area contributed by atoms with Gasteiger partial charge in [0.15, 0.2) is 6.61 Å². The standard InChI is InChI=1S/C16H17O2/c1-13(2)18-16-10-8-15(9-11-16)17-12-14-6-4-3-5-7-14/h3-13H,1-2H3. The van der Waals surface area contributed by atoms with E-state index in [4.69, 9.17) is 9.47 Å². The van der Waals surface area contributed by atoms with Crippen molar-refractivity contribution in [2.75, 3.05) is 0 Å². The highest BCUT2D eigenvalue weighted by molar-refractivity contribution is 5.32.